The number of benzene rings is 1. The molecule has 0 spiro atoms. The van der Waals surface area contributed by atoms with Crippen molar-refractivity contribution in [2.24, 2.45) is 0 Å². The van der Waals surface area contributed by atoms with Crippen molar-refractivity contribution in [1.29, 1.82) is 0 Å². The predicted molar refractivity (Wildman–Crippen MR) is 98.7 cm³/mol. The Balaban J connectivity index is 1.72. The van der Waals surface area contributed by atoms with Crippen LogP contribution in [0.3, 0.4) is 0 Å². The van der Waals surface area contributed by atoms with Crippen LogP contribution >= 0.6 is 12.2 Å². The average molecular weight is 386 g/mol. The van der Waals surface area contributed by atoms with Gasteiger partial charge >= 0.3 is 0 Å². The fourth-order valence-electron chi connectivity index (χ4n) is 2.85. The molecular formula is C16H23N3O4S2. The van der Waals surface area contributed by atoms with Crippen LogP contribution in [0.15, 0.2) is 23.1 Å². The van der Waals surface area contributed by atoms with Crippen LogP contribution in [0.5, 0.6) is 11.5 Å². The summed E-state index contributed by atoms with van der Waals surface area (Å²) in [6.07, 6.45) is 0.782. The first kappa shape index (κ1) is 18.2. The van der Waals surface area contributed by atoms with E-state index in [4.69, 9.17) is 21.7 Å². The molecule has 3 rings (SSSR count). The second-order valence-electron chi connectivity index (χ2n) is 5.89. The van der Waals surface area contributed by atoms with E-state index in [-0.39, 0.29) is 4.90 Å². The van der Waals surface area contributed by atoms with Crippen molar-refractivity contribution >= 4 is 27.4 Å². The summed E-state index contributed by atoms with van der Waals surface area (Å²) >= 11 is 5.29. The largest absolute Gasteiger partial charge is 0.490 e. The number of piperazine rings is 1. The minimum Gasteiger partial charge on any atom is -0.490 e. The molecule has 0 aromatic heterocycles. The normalized spacial score (nSPS) is 18.5. The quantitative estimate of drug-likeness (QED) is 0.780. The number of nitrogens with zero attached hydrogens (tertiary/aromatic N) is 2. The zero-order valence-electron chi connectivity index (χ0n) is 14.2. The van der Waals surface area contributed by atoms with Crippen LogP contribution in [0.2, 0.25) is 0 Å². The summed E-state index contributed by atoms with van der Waals surface area (Å²) in [6.45, 7) is 5.81. The van der Waals surface area contributed by atoms with Crippen LogP contribution in [0, 0.1) is 0 Å². The molecule has 1 saturated heterocycles. The van der Waals surface area contributed by atoms with Gasteiger partial charge in [0, 0.05) is 45.2 Å². The Hall–Kier alpha value is -1.58. The fraction of sp³-hybridized carbons (Fsp3) is 0.562. The molecule has 0 bridgehead atoms. The first-order valence-corrected chi connectivity index (χ1v) is 10.3. The molecule has 0 amide bonds. The summed E-state index contributed by atoms with van der Waals surface area (Å²) in [7, 11) is -3.56. The minimum atomic E-state index is -3.56. The molecule has 2 aliphatic rings. The first-order valence-electron chi connectivity index (χ1n) is 8.45. The van der Waals surface area contributed by atoms with E-state index in [1.165, 1.54) is 4.31 Å². The third kappa shape index (κ3) is 3.99. The highest BCUT2D eigenvalue weighted by atomic mass is 32.2. The zero-order valence-corrected chi connectivity index (χ0v) is 15.9. The summed E-state index contributed by atoms with van der Waals surface area (Å²) in [4.78, 5) is 2.23. The standard InChI is InChI=1S/C16H23N3O4S2/c1-2-17-16(24)18-6-8-19(9-7-18)25(20,21)13-4-5-14-15(12-13)23-11-3-10-22-14/h4-5,12H,2-3,6-11H2,1H3,(H,17,24). The highest BCUT2D eigenvalue weighted by Gasteiger charge is 2.30. The molecule has 9 heteroatoms. The SMILES string of the molecule is CCNC(=S)N1CCN(S(=O)(=O)c2ccc3c(c2)OCCCO3)CC1. The van der Waals surface area contributed by atoms with Gasteiger partial charge in [-0.2, -0.15) is 4.31 Å². The Bertz CT molecular complexity index is 731. The number of hydrogen-bond donors (Lipinski definition) is 1. The molecular weight excluding hydrogens is 362 g/mol. The third-order valence-electron chi connectivity index (χ3n) is 4.21. The molecule has 2 heterocycles. The summed E-state index contributed by atoms with van der Waals surface area (Å²) in [5, 5.41) is 3.78. The van der Waals surface area contributed by atoms with Crippen molar-refractivity contribution in [2.45, 2.75) is 18.2 Å². The molecule has 1 fully saturated rings. The maximum atomic E-state index is 12.9. The van der Waals surface area contributed by atoms with E-state index in [9.17, 15) is 8.42 Å². The maximum absolute atomic E-state index is 12.9. The number of hydrogen-bond acceptors (Lipinski definition) is 5. The monoisotopic (exact) mass is 385 g/mol. The lowest BCUT2D eigenvalue weighted by Crippen LogP contribution is -2.52. The van der Waals surface area contributed by atoms with Gasteiger partial charge in [0.05, 0.1) is 18.1 Å². The molecule has 0 aliphatic carbocycles. The molecule has 0 atom stereocenters. The molecule has 25 heavy (non-hydrogen) atoms. The van der Waals surface area contributed by atoms with Crippen molar-refractivity contribution in [2.75, 3.05) is 45.9 Å². The first-order chi connectivity index (χ1) is 12.0. The molecule has 2 aliphatic heterocycles. The lowest BCUT2D eigenvalue weighted by molar-refractivity contribution is 0.264. The van der Waals surface area contributed by atoms with Gasteiger partial charge in [0.1, 0.15) is 0 Å². The van der Waals surface area contributed by atoms with Gasteiger partial charge in [-0.05, 0) is 31.3 Å². The van der Waals surface area contributed by atoms with Crippen molar-refractivity contribution in [3.8, 4) is 11.5 Å². The Morgan fingerprint density at radius 2 is 1.84 bits per heavy atom. The maximum Gasteiger partial charge on any atom is 0.243 e. The van der Waals surface area contributed by atoms with Crippen LogP contribution in [-0.4, -0.2) is 68.7 Å². The van der Waals surface area contributed by atoms with Crippen LogP contribution in [0.25, 0.3) is 0 Å². The third-order valence-corrected chi connectivity index (χ3v) is 6.51. The Morgan fingerprint density at radius 3 is 2.52 bits per heavy atom. The van der Waals surface area contributed by atoms with Crippen molar-refractivity contribution in [3.05, 3.63) is 18.2 Å². The van der Waals surface area contributed by atoms with Crippen LogP contribution in [-0.2, 0) is 10.0 Å². The second-order valence-corrected chi connectivity index (χ2v) is 8.21. The molecule has 0 saturated carbocycles. The average Bonchev–Trinajstić information content (AvgIpc) is 2.86. The smallest absolute Gasteiger partial charge is 0.243 e. The Kier molecular flexibility index (Phi) is 5.65. The zero-order chi connectivity index (χ0) is 17.9. The molecule has 138 valence electrons. The van der Waals surface area contributed by atoms with Crippen LogP contribution in [0.4, 0.5) is 0 Å². The summed E-state index contributed by atoms with van der Waals surface area (Å²) in [6, 6.07) is 4.81. The van der Waals surface area contributed by atoms with E-state index in [0.717, 1.165) is 13.0 Å². The van der Waals surface area contributed by atoms with E-state index in [0.29, 0.717) is 56.0 Å². The number of ether oxygens (including phenoxy) is 2. The van der Waals surface area contributed by atoms with Crippen molar-refractivity contribution in [3.63, 3.8) is 0 Å². The molecule has 0 unspecified atom stereocenters. The molecule has 1 N–H and O–H groups in total. The predicted octanol–water partition coefficient (Wildman–Crippen LogP) is 1.05. The number of sulfonamides is 1. The summed E-state index contributed by atoms with van der Waals surface area (Å²) in [5.41, 5.74) is 0. The lowest BCUT2D eigenvalue weighted by atomic mass is 10.3. The number of fused-ring (bicyclic) bond motifs is 1. The highest BCUT2D eigenvalue weighted by molar-refractivity contribution is 7.89. The van der Waals surface area contributed by atoms with E-state index >= 15 is 0 Å². The van der Waals surface area contributed by atoms with Gasteiger partial charge in [-0.15, -0.1) is 0 Å². The van der Waals surface area contributed by atoms with Gasteiger partial charge in [-0.1, -0.05) is 0 Å². The van der Waals surface area contributed by atoms with Gasteiger partial charge < -0.3 is 19.7 Å². The number of nitrogens with one attached hydrogen (secondary N) is 1. The van der Waals surface area contributed by atoms with E-state index in [1.807, 2.05) is 11.8 Å². The van der Waals surface area contributed by atoms with E-state index < -0.39 is 10.0 Å². The van der Waals surface area contributed by atoms with E-state index in [2.05, 4.69) is 5.32 Å². The molecule has 7 nitrogen and oxygen atoms in total. The number of rotatable bonds is 3. The van der Waals surface area contributed by atoms with Gasteiger partial charge in [0.2, 0.25) is 10.0 Å². The van der Waals surface area contributed by atoms with Crippen LogP contribution < -0.4 is 14.8 Å². The number of thiocarbonyl (C=S) groups is 1. The Morgan fingerprint density at radius 1 is 1.16 bits per heavy atom. The Labute approximate surface area is 153 Å². The molecule has 1 aromatic carbocycles. The fourth-order valence-corrected chi connectivity index (χ4v) is 4.61. The van der Waals surface area contributed by atoms with Crippen molar-refractivity contribution < 1.29 is 17.9 Å². The summed E-state index contributed by atoms with van der Waals surface area (Å²) < 4.78 is 38.5. The highest BCUT2D eigenvalue weighted by Crippen LogP contribution is 2.33. The minimum absolute atomic E-state index is 0.236. The van der Waals surface area contributed by atoms with Gasteiger partial charge in [0.15, 0.2) is 16.6 Å². The second kappa shape index (κ2) is 7.76. The van der Waals surface area contributed by atoms with Crippen molar-refractivity contribution in [1.82, 2.24) is 14.5 Å². The van der Waals surface area contributed by atoms with Gasteiger partial charge in [0.25, 0.3) is 0 Å². The topological polar surface area (TPSA) is 71.1 Å². The molecule has 0 radical (unpaired) electrons. The molecule has 1 aromatic rings. The van der Waals surface area contributed by atoms with E-state index in [1.54, 1.807) is 18.2 Å². The van der Waals surface area contributed by atoms with Gasteiger partial charge in [-0.25, -0.2) is 8.42 Å². The van der Waals surface area contributed by atoms with Crippen LogP contribution in [0.1, 0.15) is 13.3 Å². The lowest BCUT2D eigenvalue weighted by Gasteiger charge is -2.35. The summed E-state index contributed by atoms with van der Waals surface area (Å²) in [5.74, 6) is 1.09. The van der Waals surface area contributed by atoms with Gasteiger partial charge in [-0.3, -0.25) is 0 Å².